The van der Waals surface area contributed by atoms with Gasteiger partial charge in [-0.15, -0.1) is 27.9 Å². The first kappa shape index (κ1) is 16.4. The van der Waals surface area contributed by atoms with Gasteiger partial charge in [0.15, 0.2) is 5.65 Å². The number of aromatic nitrogens is 5. The molecular formula is C17H11N7S2. The van der Waals surface area contributed by atoms with Crippen LogP contribution < -0.4 is 5.32 Å². The highest BCUT2D eigenvalue weighted by Crippen LogP contribution is 2.30. The van der Waals surface area contributed by atoms with Crippen LogP contribution in [0, 0.1) is 11.3 Å². The van der Waals surface area contributed by atoms with Gasteiger partial charge in [-0.3, -0.25) is 0 Å². The first-order valence-electron chi connectivity index (χ1n) is 7.56. The number of anilines is 1. The third-order valence-electron chi connectivity index (χ3n) is 3.55. The summed E-state index contributed by atoms with van der Waals surface area (Å²) in [6, 6.07) is 19.2. The minimum absolute atomic E-state index is 0.349. The van der Waals surface area contributed by atoms with Crippen LogP contribution in [-0.2, 0) is 0 Å². The second-order valence-corrected chi connectivity index (χ2v) is 6.63. The molecule has 0 radical (unpaired) electrons. The Morgan fingerprint density at radius 3 is 2.62 bits per heavy atom. The van der Waals surface area contributed by atoms with Crippen molar-refractivity contribution in [3.8, 4) is 6.07 Å². The average Bonchev–Trinajstić information content (AvgIpc) is 3.10. The molecule has 0 aliphatic rings. The molecule has 126 valence electrons. The average molecular weight is 377 g/mol. The maximum Gasteiger partial charge on any atom is 0.219 e. The van der Waals surface area contributed by atoms with Gasteiger partial charge < -0.3 is 5.32 Å². The van der Waals surface area contributed by atoms with E-state index in [1.165, 1.54) is 4.52 Å². The summed E-state index contributed by atoms with van der Waals surface area (Å²) in [5, 5.41) is 31.0. The monoisotopic (exact) mass is 377 g/mol. The number of thioether (sulfide) groups is 1. The third-order valence-corrected chi connectivity index (χ3v) is 4.97. The van der Waals surface area contributed by atoms with E-state index in [-0.39, 0.29) is 0 Å². The van der Waals surface area contributed by atoms with E-state index in [2.05, 4.69) is 44.5 Å². The molecule has 0 unspecified atom stereocenters. The predicted octanol–water partition coefficient (Wildman–Crippen LogP) is 3.50. The Hall–Kier alpha value is -3.09. The number of nitrogens with one attached hydrogen (secondary N) is 1. The number of thiol groups is 1. The van der Waals surface area contributed by atoms with E-state index < -0.39 is 0 Å². The van der Waals surface area contributed by atoms with Gasteiger partial charge in [0.2, 0.25) is 5.16 Å². The number of para-hydroxylation sites is 1. The van der Waals surface area contributed by atoms with E-state index in [1.54, 1.807) is 0 Å². The second-order valence-electron chi connectivity index (χ2n) is 5.21. The number of benzene rings is 2. The van der Waals surface area contributed by atoms with Gasteiger partial charge in [-0.1, -0.05) is 35.5 Å². The fraction of sp³-hybridized carbons (Fsp3) is 0. The lowest BCUT2D eigenvalue weighted by Crippen LogP contribution is -1.99. The van der Waals surface area contributed by atoms with Crippen molar-refractivity contribution in [3.05, 3.63) is 64.5 Å². The molecule has 0 bridgehead atoms. The molecule has 0 saturated carbocycles. The van der Waals surface area contributed by atoms with Gasteiger partial charge in [-0.25, -0.2) is 0 Å². The van der Waals surface area contributed by atoms with E-state index in [9.17, 15) is 5.26 Å². The summed E-state index contributed by atoms with van der Waals surface area (Å²) in [5.74, 6) is 0. The molecular weight excluding hydrogens is 366 g/mol. The van der Waals surface area contributed by atoms with E-state index >= 15 is 0 Å². The van der Waals surface area contributed by atoms with Crippen molar-refractivity contribution in [3.63, 3.8) is 0 Å². The fourth-order valence-electron chi connectivity index (χ4n) is 2.35. The zero-order chi connectivity index (χ0) is 17.9. The minimum Gasteiger partial charge on any atom is -0.349 e. The first-order chi connectivity index (χ1) is 12.8. The number of nitrogens with zero attached hydrogens (tertiary/aromatic N) is 6. The van der Waals surface area contributed by atoms with Gasteiger partial charge in [0.25, 0.3) is 0 Å². The van der Waals surface area contributed by atoms with Crippen LogP contribution in [0.5, 0.6) is 0 Å². The van der Waals surface area contributed by atoms with Crippen molar-refractivity contribution in [2.45, 2.75) is 5.16 Å². The van der Waals surface area contributed by atoms with Gasteiger partial charge in [0, 0.05) is 11.1 Å². The SMILES string of the molecule is N#C/C(Sc1nnc2c3ccccc3nnn12)=C(/S)Nc1ccccc1. The highest BCUT2D eigenvalue weighted by Gasteiger charge is 2.15. The van der Waals surface area contributed by atoms with Gasteiger partial charge in [0.1, 0.15) is 11.0 Å². The molecule has 2 aromatic carbocycles. The van der Waals surface area contributed by atoms with Crippen molar-refractivity contribution >= 4 is 46.6 Å². The smallest absolute Gasteiger partial charge is 0.219 e. The molecule has 0 fully saturated rings. The molecule has 1 N–H and O–H groups in total. The molecule has 0 spiro atoms. The zero-order valence-electron chi connectivity index (χ0n) is 13.2. The maximum absolute atomic E-state index is 9.51. The largest absolute Gasteiger partial charge is 0.349 e. The van der Waals surface area contributed by atoms with E-state index in [1.807, 2.05) is 54.6 Å². The molecule has 4 rings (SSSR count). The number of hydrogen-bond donors (Lipinski definition) is 2. The van der Waals surface area contributed by atoms with E-state index in [4.69, 9.17) is 0 Å². The van der Waals surface area contributed by atoms with Crippen LogP contribution in [0.15, 0.2) is 69.7 Å². The summed E-state index contributed by atoms with van der Waals surface area (Å²) in [7, 11) is 0. The lowest BCUT2D eigenvalue weighted by Gasteiger charge is -2.07. The molecule has 2 heterocycles. The summed E-state index contributed by atoms with van der Waals surface area (Å²) in [6.07, 6.45) is 0. The normalized spacial score (nSPS) is 12.0. The summed E-state index contributed by atoms with van der Waals surface area (Å²) >= 11 is 5.54. The summed E-state index contributed by atoms with van der Waals surface area (Å²) in [6.45, 7) is 0. The van der Waals surface area contributed by atoms with Crippen LogP contribution in [0.2, 0.25) is 0 Å². The number of fused-ring (bicyclic) bond motifs is 3. The Bertz CT molecular complexity index is 1160. The highest BCUT2D eigenvalue weighted by atomic mass is 32.2. The van der Waals surface area contributed by atoms with Crippen molar-refractivity contribution in [2.75, 3.05) is 5.32 Å². The molecule has 0 aliphatic carbocycles. The van der Waals surface area contributed by atoms with Crippen molar-refractivity contribution < 1.29 is 0 Å². The maximum atomic E-state index is 9.51. The van der Waals surface area contributed by atoms with Gasteiger partial charge in [-0.2, -0.15) is 9.78 Å². The second kappa shape index (κ2) is 7.03. The van der Waals surface area contributed by atoms with Gasteiger partial charge in [0.05, 0.1) is 10.5 Å². The number of rotatable bonds is 4. The Kier molecular flexibility index (Phi) is 4.43. The Balaban J connectivity index is 1.70. The van der Waals surface area contributed by atoms with Crippen molar-refractivity contribution in [2.24, 2.45) is 0 Å². The molecule has 7 nitrogen and oxygen atoms in total. The standard InChI is InChI=1S/C17H11N7S2/c18-10-14(16(25)19-11-6-2-1-3-7-11)26-17-22-21-15-12-8-4-5-9-13(12)20-23-24(15)17/h1-9,19,25H/b16-14-. The van der Waals surface area contributed by atoms with Crippen LogP contribution in [0.4, 0.5) is 5.69 Å². The lowest BCUT2D eigenvalue weighted by molar-refractivity contribution is 0.747. The fourth-order valence-corrected chi connectivity index (χ4v) is 3.33. The van der Waals surface area contributed by atoms with Crippen molar-refractivity contribution in [1.29, 1.82) is 5.26 Å². The topological polar surface area (TPSA) is 91.8 Å². The minimum atomic E-state index is 0.349. The third kappa shape index (κ3) is 3.08. The van der Waals surface area contributed by atoms with E-state index in [0.29, 0.717) is 20.7 Å². The van der Waals surface area contributed by atoms with Crippen molar-refractivity contribution in [1.82, 2.24) is 25.0 Å². The molecule has 4 aromatic rings. The molecule has 0 amide bonds. The molecule has 0 aliphatic heterocycles. The summed E-state index contributed by atoms with van der Waals surface area (Å²) in [5.41, 5.74) is 2.16. The zero-order valence-corrected chi connectivity index (χ0v) is 14.9. The molecule has 0 saturated heterocycles. The van der Waals surface area contributed by atoms with E-state index in [0.717, 1.165) is 28.4 Å². The molecule has 0 atom stereocenters. The van der Waals surface area contributed by atoms with Gasteiger partial charge in [-0.05, 0) is 36.0 Å². The van der Waals surface area contributed by atoms with Crippen LogP contribution in [-0.4, -0.2) is 25.0 Å². The predicted molar refractivity (Wildman–Crippen MR) is 104 cm³/mol. The molecule has 26 heavy (non-hydrogen) atoms. The molecule has 2 aromatic heterocycles. The van der Waals surface area contributed by atoms with Crippen LogP contribution >= 0.6 is 24.4 Å². The summed E-state index contributed by atoms with van der Waals surface area (Å²) in [4.78, 5) is 0.349. The molecule has 9 heteroatoms. The van der Waals surface area contributed by atoms with Crippen LogP contribution in [0.1, 0.15) is 0 Å². The Morgan fingerprint density at radius 2 is 1.81 bits per heavy atom. The number of allylic oxidation sites excluding steroid dienone is 1. The summed E-state index contributed by atoms with van der Waals surface area (Å²) < 4.78 is 1.52. The Morgan fingerprint density at radius 1 is 1.04 bits per heavy atom. The first-order valence-corrected chi connectivity index (χ1v) is 8.83. The number of hydrogen-bond acceptors (Lipinski definition) is 8. The quantitative estimate of drug-likeness (QED) is 0.319. The van der Waals surface area contributed by atoms with Crippen LogP contribution in [0.25, 0.3) is 16.6 Å². The highest BCUT2D eigenvalue weighted by molar-refractivity contribution is 8.04. The van der Waals surface area contributed by atoms with Crippen LogP contribution in [0.3, 0.4) is 0 Å². The van der Waals surface area contributed by atoms with Gasteiger partial charge >= 0.3 is 0 Å². The Labute approximate surface area is 158 Å². The lowest BCUT2D eigenvalue weighted by atomic mass is 10.2. The number of nitriles is 1.